The number of ether oxygens (including phenoxy) is 2. The lowest BCUT2D eigenvalue weighted by Gasteiger charge is -2.27. The molecule has 0 bridgehead atoms. The summed E-state index contributed by atoms with van der Waals surface area (Å²) in [6.07, 6.45) is 1.77. The lowest BCUT2D eigenvalue weighted by atomic mass is 10.2. The van der Waals surface area contributed by atoms with Crippen LogP contribution in [0, 0.1) is 0 Å². The van der Waals surface area contributed by atoms with Gasteiger partial charge in [-0.15, -0.1) is 11.3 Å². The quantitative estimate of drug-likeness (QED) is 0.788. The minimum Gasteiger partial charge on any atom is -0.444 e. The Hall–Kier alpha value is -2.71. The molecule has 7 nitrogen and oxygen atoms in total. The normalized spacial score (nSPS) is 20.1. The first kappa shape index (κ1) is 17.7. The first-order valence-electron chi connectivity index (χ1n) is 8.57. The topological polar surface area (TPSA) is 76.2 Å². The highest BCUT2D eigenvalue weighted by Crippen LogP contribution is 2.27. The lowest BCUT2D eigenvalue weighted by molar-refractivity contribution is -0.125. The van der Waals surface area contributed by atoms with Gasteiger partial charge in [0.2, 0.25) is 6.29 Å². The molecule has 0 N–H and O–H groups in total. The predicted molar refractivity (Wildman–Crippen MR) is 100 cm³/mol. The fourth-order valence-electron chi connectivity index (χ4n) is 3.21. The number of anilines is 2. The number of carbonyl (C=O) groups excluding carboxylic acids is 3. The van der Waals surface area contributed by atoms with Crippen molar-refractivity contribution in [1.29, 1.82) is 0 Å². The van der Waals surface area contributed by atoms with Crippen molar-refractivity contribution in [3.8, 4) is 0 Å². The first-order valence-corrected chi connectivity index (χ1v) is 9.39. The van der Waals surface area contributed by atoms with Gasteiger partial charge in [-0.1, -0.05) is 0 Å². The van der Waals surface area contributed by atoms with E-state index in [-0.39, 0.29) is 18.6 Å². The number of hydrogen-bond acceptors (Lipinski definition) is 6. The van der Waals surface area contributed by atoms with Gasteiger partial charge in [-0.25, -0.2) is 4.79 Å². The number of nitrogens with zero attached hydrogens (tertiary/aromatic N) is 2. The van der Waals surface area contributed by atoms with Crippen LogP contribution in [0.5, 0.6) is 0 Å². The average molecular weight is 385 g/mol. The van der Waals surface area contributed by atoms with E-state index in [0.717, 1.165) is 16.3 Å². The van der Waals surface area contributed by atoms with Crippen LogP contribution in [0.4, 0.5) is 16.2 Å². The summed E-state index contributed by atoms with van der Waals surface area (Å²) < 4.78 is 10.6. The smallest absolute Gasteiger partial charge is 0.414 e. The minimum atomic E-state index is -0.395. The minimum absolute atomic E-state index is 0.0717. The van der Waals surface area contributed by atoms with Crippen molar-refractivity contribution in [3.63, 3.8) is 0 Å². The third-order valence-corrected chi connectivity index (χ3v) is 5.53. The zero-order valence-electron chi connectivity index (χ0n) is 14.4. The molecule has 1 atom stereocenters. The van der Waals surface area contributed by atoms with E-state index in [1.54, 1.807) is 15.9 Å². The maximum absolute atomic E-state index is 12.2. The molecule has 139 valence electrons. The van der Waals surface area contributed by atoms with Crippen molar-refractivity contribution >= 4 is 41.0 Å². The number of carbonyl (C=O) groups is 2. The van der Waals surface area contributed by atoms with Crippen molar-refractivity contribution in [1.82, 2.24) is 0 Å². The molecule has 1 aromatic heterocycles. The SMILES string of the molecule is O=[C]c1ccc(C[C@H]2CN(c3ccc(N4CCOCC4=O)cc3)C(=O)O2)s1. The predicted octanol–water partition coefficient (Wildman–Crippen LogP) is 2.14. The van der Waals surface area contributed by atoms with Crippen LogP contribution in [-0.4, -0.2) is 50.7 Å². The summed E-state index contributed by atoms with van der Waals surface area (Å²) in [4.78, 5) is 39.6. The number of amides is 2. The molecule has 3 heterocycles. The highest BCUT2D eigenvalue weighted by Gasteiger charge is 2.33. The van der Waals surface area contributed by atoms with Gasteiger partial charge in [0, 0.05) is 29.2 Å². The van der Waals surface area contributed by atoms with Crippen molar-refractivity contribution in [2.75, 3.05) is 36.1 Å². The molecular weight excluding hydrogens is 368 g/mol. The molecule has 2 aliphatic rings. The van der Waals surface area contributed by atoms with E-state index in [2.05, 4.69) is 0 Å². The van der Waals surface area contributed by atoms with Gasteiger partial charge >= 0.3 is 6.09 Å². The van der Waals surface area contributed by atoms with E-state index in [0.29, 0.717) is 31.0 Å². The molecule has 0 spiro atoms. The molecule has 4 rings (SSSR count). The molecule has 2 saturated heterocycles. The van der Waals surface area contributed by atoms with Gasteiger partial charge in [0.05, 0.1) is 18.0 Å². The Labute approximate surface area is 160 Å². The number of rotatable bonds is 5. The fraction of sp³-hybridized carbons (Fsp3) is 0.316. The second-order valence-corrected chi connectivity index (χ2v) is 7.47. The Morgan fingerprint density at radius 2 is 1.81 bits per heavy atom. The Kier molecular flexibility index (Phi) is 4.91. The van der Waals surface area contributed by atoms with Crippen LogP contribution in [0.25, 0.3) is 0 Å². The summed E-state index contributed by atoms with van der Waals surface area (Å²) >= 11 is 1.35. The average Bonchev–Trinajstić information content (AvgIpc) is 3.29. The van der Waals surface area contributed by atoms with E-state index in [4.69, 9.17) is 9.47 Å². The van der Waals surface area contributed by atoms with Crippen LogP contribution in [0.1, 0.15) is 9.75 Å². The van der Waals surface area contributed by atoms with E-state index in [1.165, 1.54) is 11.3 Å². The second-order valence-electron chi connectivity index (χ2n) is 6.30. The first-order chi connectivity index (χ1) is 13.1. The summed E-state index contributed by atoms with van der Waals surface area (Å²) in [6.45, 7) is 1.56. The second kappa shape index (κ2) is 7.50. The van der Waals surface area contributed by atoms with E-state index < -0.39 is 6.09 Å². The van der Waals surface area contributed by atoms with Crippen LogP contribution < -0.4 is 9.80 Å². The molecule has 0 saturated carbocycles. The van der Waals surface area contributed by atoms with E-state index in [1.807, 2.05) is 36.6 Å². The van der Waals surface area contributed by atoms with Gasteiger partial charge in [-0.05, 0) is 36.4 Å². The van der Waals surface area contributed by atoms with Crippen LogP contribution in [0.3, 0.4) is 0 Å². The molecule has 2 aliphatic heterocycles. The monoisotopic (exact) mass is 385 g/mol. The lowest BCUT2D eigenvalue weighted by Crippen LogP contribution is -2.41. The standard InChI is InChI=1S/C19H17N2O5S/c22-11-17-6-5-16(27-17)9-15-10-21(19(24)26-15)14-3-1-13(2-4-14)20-7-8-25-12-18(20)23/h1-6,15H,7-10,12H2/t15-/m0/s1. The Morgan fingerprint density at radius 1 is 1.07 bits per heavy atom. The number of cyclic esters (lactones) is 1. The van der Waals surface area contributed by atoms with Gasteiger partial charge in [0.15, 0.2) is 0 Å². The van der Waals surface area contributed by atoms with Gasteiger partial charge in [-0.3, -0.25) is 14.5 Å². The Balaban J connectivity index is 1.43. The molecule has 2 amide bonds. The highest BCUT2D eigenvalue weighted by molar-refractivity contribution is 7.13. The molecule has 1 radical (unpaired) electrons. The van der Waals surface area contributed by atoms with Gasteiger partial charge in [0.1, 0.15) is 12.7 Å². The number of thiophene rings is 1. The van der Waals surface area contributed by atoms with Crippen LogP contribution in [0.15, 0.2) is 36.4 Å². The summed E-state index contributed by atoms with van der Waals surface area (Å²) in [5, 5.41) is 0. The maximum Gasteiger partial charge on any atom is 0.414 e. The molecule has 8 heteroatoms. The third-order valence-electron chi connectivity index (χ3n) is 4.52. The van der Waals surface area contributed by atoms with E-state index in [9.17, 15) is 14.4 Å². The number of morpholine rings is 1. The maximum atomic E-state index is 12.2. The van der Waals surface area contributed by atoms with Crippen LogP contribution >= 0.6 is 11.3 Å². The largest absolute Gasteiger partial charge is 0.444 e. The van der Waals surface area contributed by atoms with E-state index >= 15 is 0 Å². The molecule has 2 aromatic rings. The summed E-state index contributed by atoms with van der Waals surface area (Å²) in [5.41, 5.74) is 1.51. The molecular formula is C19H17N2O5S. The molecule has 27 heavy (non-hydrogen) atoms. The number of benzene rings is 1. The zero-order valence-corrected chi connectivity index (χ0v) is 15.2. The Bertz CT molecular complexity index is 863. The zero-order chi connectivity index (χ0) is 18.8. The van der Waals surface area contributed by atoms with Crippen LogP contribution in [0.2, 0.25) is 0 Å². The van der Waals surface area contributed by atoms with Crippen LogP contribution in [-0.2, 0) is 25.5 Å². The van der Waals surface area contributed by atoms with Gasteiger partial charge in [-0.2, -0.15) is 0 Å². The molecule has 0 aliphatic carbocycles. The molecule has 0 unspecified atom stereocenters. The van der Waals surface area contributed by atoms with Gasteiger partial charge in [0.25, 0.3) is 5.91 Å². The van der Waals surface area contributed by atoms with Crippen molar-refractivity contribution in [3.05, 3.63) is 46.2 Å². The van der Waals surface area contributed by atoms with Gasteiger partial charge < -0.3 is 14.4 Å². The summed E-state index contributed by atoms with van der Waals surface area (Å²) in [6, 6.07) is 10.8. The molecule has 1 aromatic carbocycles. The van der Waals surface area contributed by atoms with Crippen molar-refractivity contribution < 1.29 is 23.9 Å². The third kappa shape index (κ3) is 3.72. The molecule has 2 fully saturated rings. The Morgan fingerprint density at radius 3 is 2.48 bits per heavy atom. The summed E-state index contributed by atoms with van der Waals surface area (Å²) in [7, 11) is 0. The van der Waals surface area contributed by atoms with Crippen molar-refractivity contribution in [2.24, 2.45) is 0 Å². The highest BCUT2D eigenvalue weighted by atomic mass is 32.1. The van der Waals surface area contributed by atoms with Crippen molar-refractivity contribution in [2.45, 2.75) is 12.5 Å². The summed E-state index contributed by atoms with van der Waals surface area (Å²) in [5.74, 6) is -0.0717. The number of hydrogen-bond donors (Lipinski definition) is 0. The fourth-order valence-corrected chi connectivity index (χ4v) is 4.07.